The number of carbonyl (C=O) groups excluding carboxylic acids is 1. The molecule has 0 bridgehead atoms. The summed E-state index contributed by atoms with van der Waals surface area (Å²) in [5, 5.41) is 11.9. The minimum Gasteiger partial charge on any atom is -0.481 e. The Morgan fingerprint density at radius 3 is 1.96 bits per heavy atom. The molecule has 0 aromatic carbocycles. The van der Waals surface area contributed by atoms with Crippen molar-refractivity contribution >= 4 is 28.9 Å². The molecule has 0 radical (unpaired) electrons. The van der Waals surface area contributed by atoms with Crippen LogP contribution in [0, 0.1) is 0 Å². The summed E-state index contributed by atoms with van der Waals surface area (Å²) in [6.07, 6.45) is 6.69. The van der Waals surface area contributed by atoms with Crippen molar-refractivity contribution in [3.05, 3.63) is 0 Å². The summed E-state index contributed by atoms with van der Waals surface area (Å²) in [5.74, 6) is -1.12. The first-order valence-corrected chi connectivity index (χ1v) is 10.4. The van der Waals surface area contributed by atoms with Crippen LogP contribution in [0.5, 0.6) is 0 Å². The summed E-state index contributed by atoms with van der Waals surface area (Å²) in [4.78, 5) is 22.9. The lowest BCUT2D eigenvalue weighted by Gasteiger charge is -2.27. The standard InChI is InChI=1S/C20H39NO6.BrH/c1-4-7-15-26-20(27-16-8-5-2)18(19(24)25-6-3)21-14-12-10-9-11-13-17(22)23;/h18,20-21H,4-16H2,1-3H3,(H,22,23);1H. The van der Waals surface area contributed by atoms with E-state index in [2.05, 4.69) is 19.2 Å². The molecule has 0 aromatic rings. The number of ether oxygens (including phenoxy) is 3. The summed E-state index contributed by atoms with van der Waals surface area (Å²) >= 11 is 0. The third-order valence-corrected chi connectivity index (χ3v) is 4.05. The Bertz CT molecular complexity index is 374. The number of halogens is 1. The first-order valence-electron chi connectivity index (χ1n) is 10.4. The van der Waals surface area contributed by atoms with Crippen LogP contribution in [-0.2, 0) is 23.8 Å². The van der Waals surface area contributed by atoms with Crippen LogP contribution in [-0.4, -0.2) is 55.7 Å². The molecule has 0 aliphatic heterocycles. The molecule has 2 N–H and O–H groups in total. The van der Waals surface area contributed by atoms with Crippen molar-refractivity contribution in [1.82, 2.24) is 5.32 Å². The fourth-order valence-electron chi connectivity index (χ4n) is 2.46. The van der Waals surface area contributed by atoms with Gasteiger partial charge in [-0.05, 0) is 39.2 Å². The van der Waals surface area contributed by atoms with Gasteiger partial charge in [-0.3, -0.25) is 9.59 Å². The number of rotatable bonds is 19. The topological polar surface area (TPSA) is 94.1 Å². The zero-order valence-corrected chi connectivity index (χ0v) is 19.5. The number of hydrogen-bond acceptors (Lipinski definition) is 6. The van der Waals surface area contributed by atoms with Gasteiger partial charge in [-0.1, -0.05) is 39.5 Å². The molecule has 0 aromatic heterocycles. The summed E-state index contributed by atoms with van der Waals surface area (Å²) in [5.41, 5.74) is 0. The van der Waals surface area contributed by atoms with E-state index in [0.29, 0.717) is 32.8 Å². The molecule has 0 fully saturated rings. The van der Waals surface area contributed by atoms with Gasteiger partial charge in [0.2, 0.25) is 0 Å². The first kappa shape index (κ1) is 29.5. The summed E-state index contributed by atoms with van der Waals surface area (Å²) in [7, 11) is 0. The number of nitrogens with one attached hydrogen (secondary N) is 1. The molecule has 0 rings (SSSR count). The second-order valence-corrected chi connectivity index (χ2v) is 6.56. The highest BCUT2D eigenvalue weighted by Gasteiger charge is 2.30. The van der Waals surface area contributed by atoms with E-state index in [9.17, 15) is 9.59 Å². The van der Waals surface area contributed by atoms with Crippen molar-refractivity contribution in [2.45, 2.75) is 90.9 Å². The van der Waals surface area contributed by atoms with Gasteiger partial charge in [0.1, 0.15) is 0 Å². The smallest absolute Gasteiger partial charge is 0.328 e. The quantitative estimate of drug-likeness (QED) is 0.167. The van der Waals surface area contributed by atoms with Crippen LogP contribution < -0.4 is 5.32 Å². The molecular formula is C20H40BrNO6. The number of hydrogen-bond donors (Lipinski definition) is 2. The molecule has 0 aliphatic rings. The predicted molar refractivity (Wildman–Crippen MR) is 115 cm³/mol. The van der Waals surface area contributed by atoms with Gasteiger partial charge < -0.3 is 24.6 Å². The highest BCUT2D eigenvalue weighted by Crippen LogP contribution is 2.09. The molecule has 0 amide bonds. The van der Waals surface area contributed by atoms with Crippen molar-refractivity contribution in [2.24, 2.45) is 0 Å². The maximum atomic E-state index is 12.4. The van der Waals surface area contributed by atoms with Crippen LogP contribution in [0.3, 0.4) is 0 Å². The maximum absolute atomic E-state index is 12.4. The van der Waals surface area contributed by atoms with Crippen LogP contribution in [0.1, 0.15) is 78.6 Å². The Hall–Kier alpha value is -0.700. The minimum absolute atomic E-state index is 0. The van der Waals surface area contributed by atoms with Crippen molar-refractivity contribution < 1.29 is 28.9 Å². The van der Waals surface area contributed by atoms with E-state index in [1.165, 1.54) is 0 Å². The van der Waals surface area contributed by atoms with Crippen molar-refractivity contribution in [2.75, 3.05) is 26.4 Å². The summed E-state index contributed by atoms with van der Waals surface area (Å²) < 4.78 is 16.9. The molecule has 168 valence electrons. The normalized spacial score (nSPS) is 11.9. The van der Waals surface area contributed by atoms with E-state index in [0.717, 1.165) is 44.9 Å². The highest BCUT2D eigenvalue weighted by atomic mass is 79.9. The third kappa shape index (κ3) is 16.3. The van der Waals surface area contributed by atoms with Gasteiger partial charge >= 0.3 is 11.9 Å². The van der Waals surface area contributed by atoms with Crippen LogP contribution in [0.25, 0.3) is 0 Å². The van der Waals surface area contributed by atoms with E-state index >= 15 is 0 Å². The monoisotopic (exact) mass is 469 g/mol. The fourth-order valence-corrected chi connectivity index (χ4v) is 2.46. The van der Waals surface area contributed by atoms with Crippen LogP contribution in [0.2, 0.25) is 0 Å². The van der Waals surface area contributed by atoms with E-state index < -0.39 is 18.3 Å². The molecule has 1 atom stereocenters. The second kappa shape index (κ2) is 21.0. The number of unbranched alkanes of at least 4 members (excludes halogenated alkanes) is 5. The first-order chi connectivity index (χ1) is 13.1. The molecule has 0 spiro atoms. The van der Waals surface area contributed by atoms with E-state index in [1.807, 2.05) is 0 Å². The Kier molecular flexibility index (Phi) is 22.1. The lowest BCUT2D eigenvalue weighted by Crippen LogP contribution is -2.50. The molecule has 0 aliphatic carbocycles. The largest absolute Gasteiger partial charge is 0.481 e. The number of carbonyl (C=O) groups is 2. The van der Waals surface area contributed by atoms with E-state index in [-0.39, 0.29) is 29.4 Å². The predicted octanol–water partition coefficient (Wildman–Crippen LogP) is 4.08. The minimum atomic E-state index is -0.758. The SMILES string of the molecule is Br.CCCCOC(OCCCC)C(NCCCCCCC(=O)O)C(=O)OCC. The molecule has 0 heterocycles. The van der Waals surface area contributed by atoms with Gasteiger partial charge in [0.05, 0.1) is 6.61 Å². The molecule has 0 saturated carbocycles. The van der Waals surface area contributed by atoms with Crippen LogP contribution in [0.15, 0.2) is 0 Å². The number of carboxylic acid groups (broad SMARTS) is 1. The summed E-state index contributed by atoms with van der Waals surface area (Å²) in [6, 6.07) is -0.655. The second-order valence-electron chi connectivity index (χ2n) is 6.56. The molecule has 8 heteroatoms. The molecule has 1 unspecified atom stereocenters. The zero-order valence-electron chi connectivity index (χ0n) is 17.7. The van der Waals surface area contributed by atoms with E-state index in [4.69, 9.17) is 19.3 Å². The third-order valence-electron chi connectivity index (χ3n) is 4.05. The van der Waals surface area contributed by atoms with Crippen LogP contribution in [0.4, 0.5) is 0 Å². The fraction of sp³-hybridized carbons (Fsp3) is 0.900. The maximum Gasteiger partial charge on any atom is 0.328 e. The Labute approximate surface area is 180 Å². The van der Waals surface area contributed by atoms with E-state index in [1.54, 1.807) is 6.92 Å². The van der Waals surface area contributed by atoms with Gasteiger partial charge in [-0.25, -0.2) is 0 Å². The number of esters is 1. The van der Waals surface area contributed by atoms with Crippen LogP contribution >= 0.6 is 17.0 Å². The van der Waals surface area contributed by atoms with Gasteiger partial charge in [0.15, 0.2) is 12.3 Å². The molecule has 0 saturated heterocycles. The van der Waals surface area contributed by atoms with Crippen molar-refractivity contribution in [3.63, 3.8) is 0 Å². The highest BCUT2D eigenvalue weighted by molar-refractivity contribution is 8.93. The lowest BCUT2D eigenvalue weighted by molar-refractivity contribution is -0.182. The van der Waals surface area contributed by atoms with Gasteiger partial charge in [-0.2, -0.15) is 0 Å². The molecular weight excluding hydrogens is 430 g/mol. The van der Waals surface area contributed by atoms with Crippen molar-refractivity contribution in [3.8, 4) is 0 Å². The lowest BCUT2D eigenvalue weighted by atomic mass is 10.1. The van der Waals surface area contributed by atoms with Gasteiger partial charge in [0, 0.05) is 19.6 Å². The Balaban J connectivity index is 0. The zero-order chi connectivity index (χ0) is 20.3. The number of aliphatic carboxylic acids is 1. The Morgan fingerprint density at radius 1 is 0.893 bits per heavy atom. The number of carboxylic acids is 1. The molecule has 28 heavy (non-hydrogen) atoms. The Morgan fingerprint density at radius 2 is 1.46 bits per heavy atom. The van der Waals surface area contributed by atoms with Crippen molar-refractivity contribution in [1.29, 1.82) is 0 Å². The average Bonchev–Trinajstić information content (AvgIpc) is 2.63. The average molecular weight is 470 g/mol. The molecule has 7 nitrogen and oxygen atoms in total. The summed E-state index contributed by atoms with van der Waals surface area (Å²) in [6.45, 7) is 7.97. The van der Waals surface area contributed by atoms with Gasteiger partial charge in [0.25, 0.3) is 0 Å². The van der Waals surface area contributed by atoms with Gasteiger partial charge in [-0.15, -0.1) is 17.0 Å².